The Balaban J connectivity index is 2.30. The molecule has 6 nitrogen and oxygen atoms in total. The fourth-order valence-corrected chi connectivity index (χ4v) is 3.43. The van der Waals surface area contributed by atoms with Crippen LogP contribution in [0.1, 0.15) is 69.2 Å². The molecule has 2 N–H and O–H groups in total. The Morgan fingerprint density at radius 2 is 1.03 bits per heavy atom. The molecule has 0 aliphatic rings. The van der Waals surface area contributed by atoms with E-state index in [2.05, 4.69) is 0 Å². The molecule has 3 aromatic rings. The summed E-state index contributed by atoms with van der Waals surface area (Å²) >= 11 is 0. The minimum atomic E-state index is -1.45. The van der Waals surface area contributed by atoms with Gasteiger partial charge in [0, 0.05) is 22.3 Å². The van der Waals surface area contributed by atoms with E-state index in [0.29, 0.717) is 16.7 Å². The van der Waals surface area contributed by atoms with Crippen LogP contribution in [0.25, 0.3) is 0 Å². The zero-order chi connectivity index (χ0) is 22.9. The van der Waals surface area contributed by atoms with Crippen LogP contribution in [-0.4, -0.2) is 33.7 Å². The molecule has 0 saturated carbocycles. The number of carbonyl (C=O) groups excluding carboxylic acids is 2. The molecule has 6 heteroatoms. The predicted molar refractivity (Wildman–Crippen MR) is 114 cm³/mol. The topological polar surface area (TPSA) is 109 Å². The molecule has 0 radical (unpaired) electrons. The molecule has 0 heterocycles. The molecule has 0 amide bonds. The Morgan fingerprint density at radius 1 is 0.548 bits per heavy atom. The summed E-state index contributed by atoms with van der Waals surface area (Å²) in [4.78, 5) is 50.2. The van der Waals surface area contributed by atoms with Crippen LogP contribution in [0.3, 0.4) is 0 Å². The summed E-state index contributed by atoms with van der Waals surface area (Å²) < 4.78 is 0. The molecule has 0 bridgehead atoms. The number of hydrogen-bond donors (Lipinski definition) is 2. The first-order valence-corrected chi connectivity index (χ1v) is 9.48. The van der Waals surface area contributed by atoms with Gasteiger partial charge in [0.2, 0.25) is 0 Å². The number of aromatic carboxylic acids is 2. The number of carbonyl (C=O) groups is 4. The summed E-state index contributed by atoms with van der Waals surface area (Å²) in [7, 11) is 0. The van der Waals surface area contributed by atoms with Gasteiger partial charge in [-0.25, -0.2) is 9.59 Å². The van der Waals surface area contributed by atoms with E-state index in [0.717, 1.165) is 17.7 Å². The molecule has 3 rings (SSSR count). The Morgan fingerprint density at radius 3 is 1.58 bits per heavy atom. The Kier molecular flexibility index (Phi) is 5.83. The summed E-state index contributed by atoms with van der Waals surface area (Å²) in [6.07, 6.45) is 0. The van der Waals surface area contributed by atoms with Crippen molar-refractivity contribution in [1.29, 1.82) is 0 Å². The third kappa shape index (κ3) is 4.14. The van der Waals surface area contributed by atoms with E-state index < -0.39 is 34.6 Å². The van der Waals surface area contributed by atoms with Crippen molar-refractivity contribution >= 4 is 23.5 Å². The van der Waals surface area contributed by atoms with E-state index in [1.165, 1.54) is 0 Å². The van der Waals surface area contributed by atoms with E-state index in [1.807, 2.05) is 6.07 Å². The summed E-state index contributed by atoms with van der Waals surface area (Å²) in [5.41, 5.74) is 1.24. The number of rotatable bonds is 6. The van der Waals surface area contributed by atoms with Crippen LogP contribution in [-0.2, 0) is 0 Å². The van der Waals surface area contributed by atoms with Crippen LogP contribution < -0.4 is 0 Å². The molecule has 31 heavy (non-hydrogen) atoms. The van der Waals surface area contributed by atoms with Crippen molar-refractivity contribution in [3.05, 3.63) is 105 Å². The van der Waals surface area contributed by atoms with Gasteiger partial charge in [0.15, 0.2) is 11.6 Å². The van der Waals surface area contributed by atoms with Gasteiger partial charge >= 0.3 is 11.9 Å². The zero-order valence-electron chi connectivity index (χ0n) is 17.2. The molecule has 0 aliphatic carbocycles. The minimum Gasteiger partial charge on any atom is -0.478 e. The standard InChI is InChI=1S/C25H20O6/c1-13-8-9-15(3)17(10-13)23(27)19-11-18(20(24(28)29)12-21(19)25(30)31)22(26)16-7-5-4-6-14(16)2/h4-12H,1-3H3,(H,28,29)(H,30,31). The van der Waals surface area contributed by atoms with Gasteiger partial charge in [0.1, 0.15) is 0 Å². The SMILES string of the molecule is Cc1ccc(C)c(C(=O)c2cc(C(=O)c3ccccc3C)c(C(=O)O)cc2C(=O)O)c1. The van der Waals surface area contributed by atoms with Crippen LogP contribution in [0, 0.1) is 20.8 Å². The fraction of sp³-hybridized carbons (Fsp3) is 0.120. The number of ketones is 2. The molecule has 0 atom stereocenters. The van der Waals surface area contributed by atoms with Crippen molar-refractivity contribution in [3.8, 4) is 0 Å². The number of benzene rings is 3. The van der Waals surface area contributed by atoms with Crippen molar-refractivity contribution in [3.63, 3.8) is 0 Å². The molecule has 0 aliphatic heterocycles. The highest BCUT2D eigenvalue weighted by molar-refractivity contribution is 6.20. The first-order chi connectivity index (χ1) is 14.6. The second kappa shape index (κ2) is 8.36. The Labute approximate surface area is 178 Å². The Hall–Kier alpha value is -4.06. The van der Waals surface area contributed by atoms with Crippen molar-refractivity contribution in [1.82, 2.24) is 0 Å². The van der Waals surface area contributed by atoms with E-state index in [4.69, 9.17) is 0 Å². The van der Waals surface area contributed by atoms with Crippen molar-refractivity contribution in [2.45, 2.75) is 20.8 Å². The molecular weight excluding hydrogens is 396 g/mol. The second-order valence-corrected chi connectivity index (χ2v) is 7.35. The maximum atomic E-state index is 13.3. The molecule has 0 unspecified atom stereocenters. The largest absolute Gasteiger partial charge is 0.478 e. The predicted octanol–water partition coefficient (Wildman–Crippen LogP) is 4.47. The normalized spacial score (nSPS) is 10.5. The lowest BCUT2D eigenvalue weighted by Gasteiger charge is -2.14. The van der Waals surface area contributed by atoms with Crippen LogP contribution in [0.15, 0.2) is 54.6 Å². The quantitative estimate of drug-likeness (QED) is 0.574. The highest BCUT2D eigenvalue weighted by Crippen LogP contribution is 2.25. The van der Waals surface area contributed by atoms with Gasteiger partial charge in [-0.15, -0.1) is 0 Å². The van der Waals surface area contributed by atoms with Crippen LogP contribution in [0.2, 0.25) is 0 Å². The summed E-state index contributed by atoms with van der Waals surface area (Å²) in [6.45, 7) is 5.23. The smallest absolute Gasteiger partial charge is 0.336 e. The molecule has 0 aromatic heterocycles. The lowest BCUT2D eigenvalue weighted by molar-refractivity contribution is 0.0690. The number of carboxylic acids is 2. The fourth-order valence-electron chi connectivity index (χ4n) is 3.43. The maximum Gasteiger partial charge on any atom is 0.336 e. The van der Waals surface area contributed by atoms with Crippen LogP contribution in [0.5, 0.6) is 0 Å². The van der Waals surface area contributed by atoms with Gasteiger partial charge in [-0.2, -0.15) is 0 Å². The first-order valence-electron chi connectivity index (χ1n) is 9.48. The monoisotopic (exact) mass is 416 g/mol. The summed E-state index contributed by atoms with van der Waals surface area (Å²) in [6, 6.07) is 13.8. The molecule has 0 fully saturated rings. The maximum absolute atomic E-state index is 13.3. The lowest BCUT2D eigenvalue weighted by Crippen LogP contribution is -2.18. The average molecular weight is 416 g/mol. The first kappa shape index (κ1) is 21.6. The van der Waals surface area contributed by atoms with Gasteiger partial charge in [-0.05, 0) is 50.1 Å². The van der Waals surface area contributed by atoms with Gasteiger partial charge in [0.05, 0.1) is 11.1 Å². The average Bonchev–Trinajstić information content (AvgIpc) is 2.73. The van der Waals surface area contributed by atoms with Crippen LogP contribution >= 0.6 is 0 Å². The third-order valence-electron chi connectivity index (χ3n) is 5.14. The molecule has 0 saturated heterocycles. The van der Waals surface area contributed by atoms with Gasteiger partial charge in [-0.1, -0.05) is 42.0 Å². The highest BCUT2D eigenvalue weighted by atomic mass is 16.4. The van der Waals surface area contributed by atoms with Gasteiger partial charge in [-0.3, -0.25) is 9.59 Å². The lowest BCUT2D eigenvalue weighted by atomic mass is 9.88. The summed E-state index contributed by atoms with van der Waals surface area (Å²) in [5.74, 6) is -4.09. The number of carboxylic acid groups (broad SMARTS) is 2. The molecule has 0 spiro atoms. The number of aryl methyl sites for hydroxylation is 3. The third-order valence-corrected chi connectivity index (χ3v) is 5.14. The van der Waals surface area contributed by atoms with E-state index in [9.17, 15) is 29.4 Å². The summed E-state index contributed by atoms with van der Waals surface area (Å²) in [5, 5.41) is 19.3. The number of hydrogen-bond acceptors (Lipinski definition) is 4. The van der Waals surface area contributed by atoms with Crippen LogP contribution in [0.4, 0.5) is 0 Å². The van der Waals surface area contributed by atoms with Gasteiger partial charge < -0.3 is 10.2 Å². The zero-order valence-corrected chi connectivity index (χ0v) is 17.2. The highest BCUT2D eigenvalue weighted by Gasteiger charge is 2.27. The Bertz CT molecular complexity index is 1250. The second-order valence-electron chi connectivity index (χ2n) is 7.35. The molecule has 156 valence electrons. The van der Waals surface area contributed by atoms with Crippen molar-refractivity contribution in [2.24, 2.45) is 0 Å². The van der Waals surface area contributed by atoms with Crippen molar-refractivity contribution < 1.29 is 29.4 Å². The van der Waals surface area contributed by atoms with Gasteiger partial charge in [0.25, 0.3) is 0 Å². The molecule has 3 aromatic carbocycles. The van der Waals surface area contributed by atoms with Crippen molar-refractivity contribution in [2.75, 3.05) is 0 Å². The minimum absolute atomic E-state index is 0.233. The van der Waals surface area contributed by atoms with E-state index in [-0.39, 0.29) is 16.7 Å². The van der Waals surface area contributed by atoms with E-state index in [1.54, 1.807) is 57.2 Å². The molecular formula is C25H20O6. The van der Waals surface area contributed by atoms with E-state index >= 15 is 0 Å².